The molecule has 0 saturated carbocycles. The Balaban J connectivity index is 1.76. The van der Waals surface area contributed by atoms with Crippen molar-refractivity contribution in [3.8, 4) is 11.5 Å². The molecule has 0 bridgehead atoms. The molecule has 0 fully saturated rings. The summed E-state index contributed by atoms with van der Waals surface area (Å²) in [5.74, 6) is 1.23. The predicted molar refractivity (Wildman–Crippen MR) is 91.7 cm³/mol. The van der Waals surface area contributed by atoms with Gasteiger partial charge in [0.1, 0.15) is 0 Å². The van der Waals surface area contributed by atoms with Crippen LogP contribution in [0.1, 0.15) is 33.6 Å². The monoisotopic (exact) mass is 356 g/mol. The molecular weight excluding hydrogens is 332 g/mol. The lowest BCUT2D eigenvalue weighted by atomic mass is 10.0. The van der Waals surface area contributed by atoms with Crippen LogP contribution in [0.2, 0.25) is 0 Å². The van der Waals surface area contributed by atoms with Gasteiger partial charge >= 0.3 is 0 Å². The smallest absolute Gasteiger partial charge is 0.231 e. The van der Waals surface area contributed by atoms with Gasteiger partial charge in [0.15, 0.2) is 11.5 Å². The fraction of sp³-hybridized carbons (Fsp3) is 0.562. The number of carbonyl (C=O) groups excluding carboxylic acids is 1. The minimum Gasteiger partial charge on any atom is -0.454 e. The Labute approximate surface area is 142 Å². The van der Waals surface area contributed by atoms with Crippen molar-refractivity contribution in [2.45, 2.75) is 38.9 Å². The van der Waals surface area contributed by atoms with Gasteiger partial charge in [-0.15, -0.1) is 0 Å². The van der Waals surface area contributed by atoms with E-state index in [4.69, 9.17) is 9.47 Å². The molecule has 1 aliphatic rings. The molecule has 1 aromatic rings. The van der Waals surface area contributed by atoms with Gasteiger partial charge in [0.25, 0.3) is 0 Å². The summed E-state index contributed by atoms with van der Waals surface area (Å²) in [6.07, 6.45) is 0.915. The first-order valence-corrected chi connectivity index (χ1v) is 9.50. The van der Waals surface area contributed by atoms with E-state index in [0.29, 0.717) is 36.6 Å². The molecule has 1 heterocycles. The first-order chi connectivity index (χ1) is 11.3. The molecule has 1 aliphatic heterocycles. The molecule has 0 aromatic heterocycles. The largest absolute Gasteiger partial charge is 0.454 e. The van der Waals surface area contributed by atoms with Crippen molar-refractivity contribution in [3.05, 3.63) is 18.2 Å². The third-order valence-corrected chi connectivity index (χ3v) is 5.60. The molecule has 1 amide bonds. The normalized spacial score (nSPS) is 14.7. The lowest BCUT2D eigenvalue weighted by Crippen LogP contribution is -2.32. The number of fused-ring (bicyclic) bond motifs is 1. The zero-order valence-electron chi connectivity index (χ0n) is 14.2. The van der Waals surface area contributed by atoms with Crippen LogP contribution in [-0.2, 0) is 14.8 Å². The zero-order chi connectivity index (χ0) is 17.7. The number of anilines is 1. The quantitative estimate of drug-likeness (QED) is 0.744. The van der Waals surface area contributed by atoms with Gasteiger partial charge in [-0.25, -0.2) is 13.1 Å². The van der Waals surface area contributed by atoms with Crippen LogP contribution < -0.4 is 19.5 Å². The lowest BCUT2D eigenvalue weighted by Gasteiger charge is -2.14. The molecule has 2 rings (SSSR count). The van der Waals surface area contributed by atoms with Crippen LogP contribution in [0, 0.1) is 5.92 Å². The highest BCUT2D eigenvalue weighted by Gasteiger charge is 2.17. The molecule has 0 aliphatic carbocycles. The van der Waals surface area contributed by atoms with E-state index in [1.54, 1.807) is 32.0 Å². The average Bonchev–Trinajstić information content (AvgIpc) is 2.94. The Hall–Kier alpha value is -1.80. The number of hydrogen-bond acceptors (Lipinski definition) is 5. The Morgan fingerprint density at radius 1 is 1.21 bits per heavy atom. The van der Waals surface area contributed by atoms with Gasteiger partial charge in [0, 0.05) is 24.7 Å². The standard InChI is InChI=1S/C16H24N2O5S/c1-11(2)24(20,21)17-7-6-12(3)8-16(19)18-13-4-5-14-15(9-13)23-10-22-14/h4-5,9,11-12,17H,6-8,10H2,1-3H3,(H,18,19). The van der Waals surface area contributed by atoms with Crippen molar-refractivity contribution in [3.63, 3.8) is 0 Å². The Morgan fingerprint density at radius 2 is 1.92 bits per heavy atom. The van der Waals surface area contributed by atoms with Crippen molar-refractivity contribution in [2.24, 2.45) is 5.92 Å². The number of benzene rings is 1. The molecule has 8 heteroatoms. The summed E-state index contributed by atoms with van der Waals surface area (Å²) < 4.78 is 36.3. The number of nitrogens with one attached hydrogen (secondary N) is 2. The first-order valence-electron chi connectivity index (χ1n) is 7.96. The summed E-state index contributed by atoms with van der Waals surface area (Å²) in [4.78, 5) is 12.1. The highest BCUT2D eigenvalue weighted by Crippen LogP contribution is 2.34. The summed E-state index contributed by atoms with van der Waals surface area (Å²) in [5.41, 5.74) is 0.650. The van der Waals surface area contributed by atoms with Crippen LogP contribution in [0.25, 0.3) is 0 Å². The lowest BCUT2D eigenvalue weighted by molar-refractivity contribution is -0.117. The number of hydrogen-bond donors (Lipinski definition) is 2. The van der Waals surface area contributed by atoms with E-state index in [1.807, 2.05) is 6.92 Å². The molecule has 1 aromatic carbocycles. The zero-order valence-corrected chi connectivity index (χ0v) is 15.0. The van der Waals surface area contributed by atoms with E-state index in [2.05, 4.69) is 10.0 Å². The van der Waals surface area contributed by atoms with E-state index >= 15 is 0 Å². The van der Waals surface area contributed by atoms with Crippen LogP contribution >= 0.6 is 0 Å². The molecule has 1 unspecified atom stereocenters. The van der Waals surface area contributed by atoms with Crippen molar-refractivity contribution in [1.82, 2.24) is 4.72 Å². The minimum atomic E-state index is -3.25. The Kier molecular flexibility index (Phi) is 6.06. The van der Waals surface area contributed by atoms with E-state index in [0.717, 1.165) is 0 Å². The van der Waals surface area contributed by atoms with Crippen LogP contribution in [-0.4, -0.2) is 32.9 Å². The maximum atomic E-state index is 12.1. The molecule has 0 spiro atoms. The molecule has 7 nitrogen and oxygen atoms in total. The average molecular weight is 356 g/mol. The van der Waals surface area contributed by atoms with Crippen LogP contribution in [0.3, 0.4) is 0 Å². The van der Waals surface area contributed by atoms with E-state index in [1.165, 1.54) is 0 Å². The van der Waals surface area contributed by atoms with Crippen LogP contribution in [0.5, 0.6) is 11.5 Å². The number of rotatable bonds is 8. The first kappa shape index (κ1) is 18.5. The van der Waals surface area contributed by atoms with Gasteiger partial charge in [0.05, 0.1) is 5.25 Å². The molecule has 24 heavy (non-hydrogen) atoms. The molecular formula is C16H24N2O5S. The summed E-state index contributed by atoms with van der Waals surface area (Å²) in [5, 5.41) is 2.36. The fourth-order valence-electron chi connectivity index (χ4n) is 2.22. The summed E-state index contributed by atoms with van der Waals surface area (Å²) in [6.45, 7) is 5.70. The maximum absolute atomic E-state index is 12.1. The number of amides is 1. The van der Waals surface area contributed by atoms with Gasteiger partial charge in [0.2, 0.25) is 22.7 Å². The van der Waals surface area contributed by atoms with Crippen molar-refractivity contribution < 1.29 is 22.7 Å². The van der Waals surface area contributed by atoms with Crippen LogP contribution in [0.4, 0.5) is 5.69 Å². The van der Waals surface area contributed by atoms with Crippen LogP contribution in [0.15, 0.2) is 18.2 Å². The van der Waals surface area contributed by atoms with Crippen molar-refractivity contribution >= 4 is 21.6 Å². The Morgan fingerprint density at radius 3 is 2.62 bits per heavy atom. The molecule has 2 N–H and O–H groups in total. The third kappa shape index (κ3) is 5.10. The van der Waals surface area contributed by atoms with Gasteiger partial charge in [-0.05, 0) is 38.3 Å². The van der Waals surface area contributed by atoms with Crippen molar-refractivity contribution in [1.29, 1.82) is 0 Å². The molecule has 0 radical (unpaired) electrons. The topological polar surface area (TPSA) is 93.7 Å². The van der Waals surface area contributed by atoms with E-state index in [-0.39, 0.29) is 18.6 Å². The van der Waals surface area contributed by atoms with Gasteiger partial charge < -0.3 is 14.8 Å². The molecule has 0 saturated heterocycles. The second-order valence-electron chi connectivity index (χ2n) is 6.20. The fourth-order valence-corrected chi connectivity index (χ4v) is 2.95. The molecule has 1 atom stereocenters. The third-order valence-electron chi connectivity index (χ3n) is 3.75. The van der Waals surface area contributed by atoms with E-state index < -0.39 is 15.3 Å². The molecule has 134 valence electrons. The predicted octanol–water partition coefficient (Wildman–Crippen LogP) is 2.10. The Bertz CT molecular complexity index is 688. The highest BCUT2D eigenvalue weighted by molar-refractivity contribution is 7.90. The maximum Gasteiger partial charge on any atom is 0.231 e. The summed E-state index contributed by atoms with van der Waals surface area (Å²) >= 11 is 0. The second-order valence-corrected chi connectivity index (χ2v) is 8.52. The SMILES string of the molecule is CC(CCNS(=O)(=O)C(C)C)CC(=O)Nc1ccc2c(c1)OCO2. The van der Waals surface area contributed by atoms with E-state index in [9.17, 15) is 13.2 Å². The number of carbonyl (C=O) groups is 1. The minimum absolute atomic E-state index is 0.0638. The summed E-state index contributed by atoms with van der Waals surface area (Å²) in [7, 11) is -3.25. The van der Waals surface area contributed by atoms with Gasteiger partial charge in [-0.1, -0.05) is 6.92 Å². The van der Waals surface area contributed by atoms with Gasteiger partial charge in [-0.2, -0.15) is 0 Å². The highest BCUT2D eigenvalue weighted by atomic mass is 32.2. The number of sulfonamides is 1. The second kappa shape index (κ2) is 7.85. The number of ether oxygens (including phenoxy) is 2. The van der Waals surface area contributed by atoms with Gasteiger partial charge in [-0.3, -0.25) is 4.79 Å². The summed E-state index contributed by atoms with van der Waals surface area (Å²) in [6, 6.07) is 5.23. The van der Waals surface area contributed by atoms with Crippen molar-refractivity contribution in [2.75, 3.05) is 18.7 Å².